The van der Waals surface area contributed by atoms with Crippen LogP contribution in [0.1, 0.15) is 36.1 Å². The van der Waals surface area contributed by atoms with Gasteiger partial charge in [0.2, 0.25) is 0 Å². The fourth-order valence-corrected chi connectivity index (χ4v) is 6.00. The third kappa shape index (κ3) is 2.46. The van der Waals surface area contributed by atoms with Crippen LogP contribution in [-0.2, 0) is 19.3 Å². The second kappa shape index (κ2) is 6.46. The van der Waals surface area contributed by atoms with Crippen molar-refractivity contribution in [2.24, 2.45) is 0 Å². The van der Waals surface area contributed by atoms with Crippen molar-refractivity contribution >= 4 is 53.4 Å². The van der Waals surface area contributed by atoms with Crippen LogP contribution in [0.3, 0.4) is 0 Å². The Kier molecular flexibility index (Phi) is 4.18. The van der Waals surface area contributed by atoms with E-state index in [0.29, 0.717) is 0 Å². The second-order valence-corrected chi connectivity index (χ2v) is 9.04. The van der Waals surface area contributed by atoms with Crippen molar-refractivity contribution in [1.29, 1.82) is 0 Å². The van der Waals surface area contributed by atoms with Gasteiger partial charge in [-0.25, -0.2) is 0 Å². The van der Waals surface area contributed by atoms with Gasteiger partial charge >= 0.3 is 0 Å². The first-order valence-corrected chi connectivity index (χ1v) is 11.2. The van der Waals surface area contributed by atoms with Crippen molar-refractivity contribution in [2.75, 3.05) is 0 Å². The molecule has 0 unspecified atom stereocenters. The summed E-state index contributed by atoms with van der Waals surface area (Å²) in [6.45, 7) is 4.55. The average Bonchev–Trinajstić information content (AvgIpc) is 3.07. The zero-order valence-corrected chi connectivity index (χ0v) is 18.7. The SMILES string of the molecule is CCc1ccc2c(Br)cc3c(c2c1CC)-c1c(c(Br)cc2ccccc12)C3. The Bertz CT molecular complexity index is 1230. The molecule has 0 spiro atoms. The molecule has 0 saturated heterocycles. The first-order valence-electron chi connectivity index (χ1n) is 9.60. The van der Waals surface area contributed by atoms with Crippen molar-refractivity contribution in [3.05, 3.63) is 79.7 Å². The summed E-state index contributed by atoms with van der Waals surface area (Å²) in [5, 5.41) is 5.45. The topological polar surface area (TPSA) is 0 Å². The summed E-state index contributed by atoms with van der Waals surface area (Å²) in [6, 6.07) is 18.0. The van der Waals surface area contributed by atoms with Gasteiger partial charge in [-0.15, -0.1) is 0 Å². The number of hydrogen-bond donors (Lipinski definition) is 0. The van der Waals surface area contributed by atoms with Crippen LogP contribution in [0.2, 0.25) is 0 Å². The lowest BCUT2D eigenvalue weighted by Gasteiger charge is -2.17. The van der Waals surface area contributed by atoms with Gasteiger partial charge in [0.05, 0.1) is 0 Å². The molecule has 0 saturated carbocycles. The van der Waals surface area contributed by atoms with Crippen LogP contribution in [0.4, 0.5) is 0 Å². The maximum atomic E-state index is 3.86. The zero-order chi connectivity index (χ0) is 18.7. The quantitative estimate of drug-likeness (QED) is 0.239. The maximum absolute atomic E-state index is 3.86. The first-order chi connectivity index (χ1) is 13.1. The molecule has 134 valence electrons. The van der Waals surface area contributed by atoms with Crippen LogP contribution < -0.4 is 0 Å². The second-order valence-electron chi connectivity index (χ2n) is 7.34. The molecule has 0 aromatic heterocycles. The van der Waals surface area contributed by atoms with Gasteiger partial charge in [0.15, 0.2) is 0 Å². The van der Waals surface area contributed by atoms with Crippen LogP contribution in [0.25, 0.3) is 32.7 Å². The highest BCUT2D eigenvalue weighted by Gasteiger charge is 2.27. The lowest BCUT2D eigenvalue weighted by atomic mass is 9.88. The van der Waals surface area contributed by atoms with Crippen LogP contribution in [0, 0.1) is 0 Å². The molecule has 0 bridgehead atoms. The summed E-state index contributed by atoms with van der Waals surface area (Å²) in [6.07, 6.45) is 3.13. The molecule has 0 N–H and O–H groups in total. The molecule has 0 radical (unpaired) electrons. The number of fused-ring (bicyclic) bond motifs is 7. The highest BCUT2D eigenvalue weighted by molar-refractivity contribution is 9.11. The van der Waals surface area contributed by atoms with E-state index in [9.17, 15) is 0 Å². The fourth-order valence-electron chi connectivity index (χ4n) is 4.80. The molecule has 4 aromatic carbocycles. The summed E-state index contributed by atoms with van der Waals surface area (Å²) in [4.78, 5) is 0. The zero-order valence-electron chi connectivity index (χ0n) is 15.5. The minimum absolute atomic E-state index is 0.990. The molecule has 1 aliphatic carbocycles. The smallest absolute Gasteiger partial charge is 0.0257 e. The Morgan fingerprint density at radius 1 is 0.815 bits per heavy atom. The Balaban J connectivity index is 2.03. The molecule has 2 heteroatoms. The normalized spacial score (nSPS) is 12.6. The van der Waals surface area contributed by atoms with Crippen molar-refractivity contribution in [3.63, 3.8) is 0 Å². The van der Waals surface area contributed by atoms with Crippen LogP contribution in [0.15, 0.2) is 57.5 Å². The van der Waals surface area contributed by atoms with Crippen molar-refractivity contribution in [2.45, 2.75) is 33.1 Å². The third-order valence-corrected chi connectivity index (χ3v) is 7.36. The molecular weight excluding hydrogens is 460 g/mol. The van der Waals surface area contributed by atoms with Gasteiger partial charge in [-0.2, -0.15) is 0 Å². The van der Waals surface area contributed by atoms with E-state index in [0.717, 1.165) is 19.3 Å². The highest BCUT2D eigenvalue weighted by Crippen LogP contribution is 2.50. The standard InChI is InChI=1S/C25H20Br2/c1-3-14-9-10-19-21(26)13-16-11-20-22(27)12-15-7-5-6-8-18(15)25(20)23(16)24(19)17(14)4-2/h5-10,12-13H,3-4,11H2,1-2H3. The summed E-state index contributed by atoms with van der Waals surface area (Å²) in [7, 11) is 0. The Labute approximate surface area is 176 Å². The van der Waals surface area contributed by atoms with E-state index < -0.39 is 0 Å². The molecule has 0 amide bonds. The molecule has 27 heavy (non-hydrogen) atoms. The molecule has 5 rings (SSSR count). The average molecular weight is 480 g/mol. The van der Waals surface area contributed by atoms with Gasteiger partial charge in [0, 0.05) is 8.95 Å². The Morgan fingerprint density at radius 3 is 2.41 bits per heavy atom. The summed E-state index contributed by atoms with van der Waals surface area (Å²) in [5.74, 6) is 0. The number of hydrogen-bond acceptors (Lipinski definition) is 0. The third-order valence-electron chi connectivity index (χ3n) is 5.99. The monoisotopic (exact) mass is 478 g/mol. The fraction of sp³-hybridized carbons (Fsp3) is 0.200. The molecule has 1 aliphatic rings. The molecule has 0 nitrogen and oxygen atoms in total. The van der Waals surface area contributed by atoms with E-state index in [1.807, 2.05) is 0 Å². The summed E-state index contributed by atoms with van der Waals surface area (Å²) in [5.41, 5.74) is 8.71. The molecule has 4 aromatic rings. The van der Waals surface area contributed by atoms with E-state index in [2.05, 4.69) is 94.2 Å². The van der Waals surface area contributed by atoms with Gasteiger partial charge < -0.3 is 0 Å². The Morgan fingerprint density at radius 2 is 1.63 bits per heavy atom. The molecule has 0 aliphatic heterocycles. The van der Waals surface area contributed by atoms with Gasteiger partial charge in [-0.05, 0) is 86.3 Å². The predicted octanol–water partition coefficient (Wildman–Crippen LogP) is 8.21. The number of benzene rings is 4. The summed E-state index contributed by atoms with van der Waals surface area (Å²) >= 11 is 7.72. The van der Waals surface area contributed by atoms with Crippen LogP contribution in [-0.4, -0.2) is 0 Å². The van der Waals surface area contributed by atoms with Crippen molar-refractivity contribution in [1.82, 2.24) is 0 Å². The lowest BCUT2D eigenvalue weighted by Crippen LogP contribution is -1.96. The minimum Gasteiger partial charge on any atom is -0.0616 e. The number of aryl methyl sites for hydroxylation is 2. The molecule has 0 atom stereocenters. The lowest BCUT2D eigenvalue weighted by molar-refractivity contribution is 1.05. The summed E-state index contributed by atoms with van der Waals surface area (Å²) < 4.78 is 2.43. The van der Waals surface area contributed by atoms with Gasteiger partial charge in [-0.1, -0.05) is 82.1 Å². The molecule has 0 heterocycles. The van der Waals surface area contributed by atoms with E-state index in [-0.39, 0.29) is 0 Å². The van der Waals surface area contributed by atoms with Gasteiger partial charge in [-0.3, -0.25) is 0 Å². The number of halogens is 2. The predicted molar refractivity (Wildman–Crippen MR) is 124 cm³/mol. The van der Waals surface area contributed by atoms with Crippen molar-refractivity contribution in [3.8, 4) is 11.1 Å². The van der Waals surface area contributed by atoms with E-state index >= 15 is 0 Å². The van der Waals surface area contributed by atoms with Crippen molar-refractivity contribution < 1.29 is 0 Å². The minimum atomic E-state index is 0.990. The molecule has 0 fully saturated rings. The van der Waals surface area contributed by atoms with Crippen LogP contribution >= 0.6 is 31.9 Å². The largest absolute Gasteiger partial charge is 0.0616 e. The molecular formula is C25H20Br2. The maximum Gasteiger partial charge on any atom is 0.0257 e. The van der Waals surface area contributed by atoms with Gasteiger partial charge in [0.25, 0.3) is 0 Å². The Hall–Kier alpha value is -1.64. The van der Waals surface area contributed by atoms with E-state index in [1.54, 1.807) is 0 Å². The first kappa shape index (κ1) is 17.5. The highest BCUT2D eigenvalue weighted by atomic mass is 79.9. The van der Waals surface area contributed by atoms with Gasteiger partial charge in [0.1, 0.15) is 0 Å². The van der Waals surface area contributed by atoms with E-state index in [4.69, 9.17) is 0 Å². The number of rotatable bonds is 2. The van der Waals surface area contributed by atoms with E-state index in [1.165, 1.54) is 63.9 Å². The van der Waals surface area contributed by atoms with Crippen LogP contribution in [0.5, 0.6) is 0 Å².